The van der Waals surface area contributed by atoms with Crippen molar-refractivity contribution < 1.29 is 19.4 Å². The van der Waals surface area contributed by atoms with Crippen LogP contribution in [0.3, 0.4) is 0 Å². The standard InChI is InChI=1S/C11H12ClNO4/c12-8-3-6(10(13)11(14)15)1-2-9(8)17-7-4-16-5-7/h1-3,7,10H,4-5,13H2,(H,14,15). The Hall–Kier alpha value is -1.30. The largest absolute Gasteiger partial charge is 0.484 e. The highest BCUT2D eigenvalue weighted by Gasteiger charge is 2.22. The van der Waals surface area contributed by atoms with Gasteiger partial charge < -0.3 is 20.3 Å². The zero-order valence-corrected chi connectivity index (χ0v) is 9.68. The van der Waals surface area contributed by atoms with Gasteiger partial charge in [0, 0.05) is 0 Å². The molecule has 1 fully saturated rings. The number of benzene rings is 1. The molecule has 0 amide bonds. The molecule has 5 nitrogen and oxygen atoms in total. The first kappa shape index (κ1) is 12.2. The summed E-state index contributed by atoms with van der Waals surface area (Å²) in [5.41, 5.74) is 5.92. The van der Waals surface area contributed by atoms with E-state index in [9.17, 15) is 4.79 Å². The monoisotopic (exact) mass is 257 g/mol. The molecule has 0 spiro atoms. The van der Waals surface area contributed by atoms with E-state index in [0.717, 1.165) is 0 Å². The van der Waals surface area contributed by atoms with E-state index >= 15 is 0 Å². The summed E-state index contributed by atoms with van der Waals surface area (Å²) in [6.45, 7) is 1.10. The molecule has 1 unspecified atom stereocenters. The molecular formula is C11H12ClNO4. The predicted molar refractivity (Wildman–Crippen MR) is 61.3 cm³/mol. The van der Waals surface area contributed by atoms with Crippen molar-refractivity contribution in [3.8, 4) is 5.75 Å². The molecule has 1 heterocycles. The van der Waals surface area contributed by atoms with Crippen molar-refractivity contribution in [1.82, 2.24) is 0 Å². The summed E-state index contributed by atoms with van der Waals surface area (Å²) in [6.07, 6.45) is 0.0199. The fourth-order valence-electron chi connectivity index (χ4n) is 1.41. The summed E-state index contributed by atoms with van der Waals surface area (Å²) in [7, 11) is 0. The number of rotatable bonds is 4. The van der Waals surface area contributed by atoms with Gasteiger partial charge in [0.05, 0.1) is 18.2 Å². The van der Waals surface area contributed by atoms with Gasteiger partial charge in [-0.2, -0.15) is 0 Å². The molecule has 0 radical (unpaired) electrons. The van der Waals surface area contributed by atoms with Gasteiger partial charge in [0.1, 0.15) is 17.9 Å². The Bertz CT molecular complexity index is 433. The van der Waals surface area contributed by atoms with Crippen molar-refractivity contribution in [3.63, 3.8) is 0 Å². The van der Waals surface area contributed by atoms with Crippen LogP contribution in [0.25, 0.3) is 0 Å². The molecular weight excluding hydrogens is 246 g/mol. The summed E-state index contributed by atoms with van der Waals surface area (Å²) in [6, 6.07) is 3.65. The average Bonchev–Trinajstić information content (AvgIpc) is 2.23. The number of nitrogens with two attached hydrogens (primary N) is 1. The van der Waals surface area contributed by atoms with Crippen LogP contribution in [-0.4, -0.2) is 30.4 Å². The maximum absolute atomic E-state index is 10.7. The van der Waals surface area contributed by atoms with E-state index in [2.05, 4.69) is 0 Å². The molecule has 1 aromatic carbocycles. The van der Waals surface area contributed by atoms with Crippen LogP contribution >= 0.6 is 11.6 Å². The van der Waals surface area contributed by atoms with E-state index in [1.807, 2.05) is 0 Å². The molecule has 2 rings (SSSR count). The van der Waals surface area contributed by atoms with Crippen LogP contribution in [0, 0.1) is 0 Å². The Kier molecular flexibility index (Phi) is 3.51. The molecule has 0 bridgehead atoms. The second-order valence-electron chi connectivity index (χ2n) is 3.78. The van der Waals surface area contributed by atoms with Crippen LogP contribution < -0.4 is 10.5 Å². The molecule has 0 aromatic heterocycles. The Morgan fingerprint density at radius 1 is 1.59 bits per heavy atom. The minimum absolute atomic E-state index is 0.0199. The third-order valence-electron chi connectivity index (χ3n) is 2.48. The summed E-state index contributed by atoms with van der Waals surface area (Å²) in [4.78, 5) is 10.7. The van der Waals surface area contributed by atoms with Crippen LogP contribution in [0.5, 0.6) is 5.75 Å². The number of ether oxygens (including phenoxy) is 2. The number of halogens is 1. The lowest BCUT2D eigenvalue weighted by Gasteiger charge is -2.27. The number of aliphatic carboxylic acids is 1. The minimum atomic E-state index is -1.10. The smallest absolute Gasteiger partial charge is 0.325 e. The Morgan fingerprint density at radius 3 is 2.76 bits per heavy atom. The normalized spacial score (nSPS) is 17.3. The first-order chi connectivity index (χ1) is 8.08. The molecule has 1 saturated heterocycles. The minimum Gasteiger partial charge on any atom is -0.484 e. The van der Waals surface area contributed by atoms with Crippen molar-refractivity contribution in [2.24, 2.45) is 5.73 Å². The maximum Gasteiger partial charge on any atom is 0.325 e. The van der Waals surface area contributed by atoms with Gasteiger partial charge in [-0.1, -0.05) is 17.7 Å². The van der Waals surface area contributed by atoms with Gasteiger partial charge in [0.2, 0.25) is 0 Å². The Labute approximate surface area is 103 Å². The number of hydrogen-bond acceptors (Lipinski definition) is 4. The van der Waals surface area contributed by atoms with E-state index < -0.39 is 12.0 Å². The van der Waals surface area contributed by atoms with E-state index in [-0.39, 0.29) is 6.10 Å². The molecule has 1 aromatic rings. The summed E-state index contributed by atoms with van der Waals surface area (Å²) < 4.78 is 10.5. The zero-order chi connectivity index (χ0) is 12.4. The second-order valence-corrected chi connectivity index (χ2v) is 4.19. The van der Waals surface area contributed by atoms with Crippen molar-refractivity contribution in [3.05, 3.63) is 28.8 Å². The quantitative estimate of drug-likeness (QED) is 0.847. The predicted octanol–water partition coefficient (Wildman–Crippen LogP) is 1.20. The summed E-state index contributed by atoms with van der Waals surface area (Å²) in [5, 5.41) is 9.13. The summed E-state index contributed by atoms with van der Waals surface area (Å²) in [5.74, 6) is -0.580. The molecule has 1 aliphatic heterocycles. The molecule has 1 atom stereocenters. The van der Waals surface area contributed by atoms with Crippen molar-refractivity contribution in [1.29, 1.82) is 0 Å². The van der Waals surface area contributed by atoms with Gasteiger partial charge in [-0.05, 0) is 17.7 Å². The van der Waals surface area contributed by atoms with Gasteiger partial charge in [-0.3, -0.25) is 4.79 Å². The Balaban J connectivity index is 2.13. The third-order valence-corrected chi connectivity index (χ3v) is 2.78. The topological polar surface area (TPSA) is 81.8 Å². The van der Waals surface area contributed by atoms with Gasteiger partial charge >= 0.3 is 5.97 Å². The van der Waals surface area contributed by atoms with Crippen molar-refractivity contribution >= 4 is 17.6 Å². The molecule has 92 valence electrons. The second kappa shape index (κ2) is 4.91. The zero-order valence-electron chi connectivity index (χ0n) is 8.93. The van der Waals surface area contributed by atoms with Crippen LogP contribution in [0.4, 0.5) is 0 Å². The lowest BCUT2D eigenvalue weighted by Crippen LogP contribution is -2.38. The van der Waals surface area contributed by atoms with E-state index in [1.54, 1.807) is 12.1 Å². The van der Waals surface area contributed by atoms with Gasteiger partial charge in [0.15, 0.2) is 0 Å². The third kappa shape index (κ3) is 2.69. The fraction of sp³-hybridized carbons (Fsp3) is 0.364. The van der Waals surface area contributed by atoms with E-state index in [4.69, 9.17) is 31.9 Å². The molecule has 0 aliphatic carbocycles. The van der Waals surface area contributed by atoms with Crippen molar-refractivity contribution in [2.75, 3.05) is 13.2 Å². The highest BCUT2D eigenvalue weighted by Crippen LogP contribution is 2.29. The van der Waals surface area contributed by atoms with E-state index in [0.29, 0.717) is 29.5 Å². The number of carbonyl (C=O) groups is 1. The first-order valence-corrected chi connectivity index (χ1v) is 5.48. The molecule has 17 heavy (non-hydrogen) atoms. The molecule has 6 heteroatoms. The maximum atomic E-state index is 10.7. The van der Waals surface area contributed by atoms with Crippen LogP contribution in [0.15, 0.2) is 18.2 Å². The van der Waals surface area contributed by atoms with Crippen LogP contribution in [0.2, 0.25) is 5.02 Å². The summed E-state index contributed by atoms with van der Waals surface area (Å²) >= 11 is 5.99. The number of carboxylic acids is 1. The Morgan fingerprint density at radius 2 is 2.29 bits per heavy atom. The molecule has 0 saturated carbocycles. The van der Waals surface area contributed by atoms with Gasteiger partial charge in [-0.25, -0.2) is 0 Å². The van der Waals surface area contributed by atoms with Crippen molar-refractivity contribution in [2.45, 2.75) is 12.1 Å². The fourth-order valence-corrected chi connectivity index (χ4v) is 1.64. The highest BCUT2D eigenvalue weighted by molar-refractivity contribution is 6.32. The first-order valence-electron chi connectivity index (χ1n) is 5.10. The average molecular weight is 258 g/mol. The van der Waals surface area contributed by atoms with Crippen LogP contribution in [-0.2, 0) is 9.53 Å². The highest BCUT2D eigenvalue weighted by atomic mass is 35.5. The molecule has 1 aliphatic rings. The number of hydrogen-bond donors (Lipinski definition) is 2. The number of carboxylic acid groups (broad SMARTS) is 1. The van der Waals surface area contributed by atoms with Gasteiger partial charge in [-0.15, -0.1) is 0 Å². The lowest BCUT2D eigenvalue weighted by molar-refractivity contribution is -0.138. The molecule has 3 N–H and O–H groups in total. The van der Waals surface area contributed by atoms with E-state index in [1.165, 1.54) is 6.07 Å². The SMILES string of the molecule is NC(C(=O)O)c1ccc(OC2COC2)c(Cl)c1. The van der Waals surface area contributed by atoms with Crippen LogP contribution in [0.1, 0.15) is 11.6 Å². The lowest BCUT2D eigenvalue weighted by atomic mass is 10.1. The van der Waals surface area contributed by atoms with Gasteiger partial charge in [0.25, 0.3) is 0 Å².